The van der Waals surface area contributed by atoms with E-state index in [2.05, 4.69) is 5.32 Å². The van der Waals surface area contributed by atoms with Crippen molar-refractivity contribution in [3.8, 4) is 6.07 Å². The van der Waals surface area contributed by atoms with Gasteiger partial charge in [-0.1, -0.05) is 0 Å². The molecule has 4 nitrogen and oxygen atoms in total. The fourth-order valence-corrected chi connectivity index (χ4v) is 1.54. The molecule has 0 saturated carbocycles. The SMILES string of the molecule is N#Cc1ccc(C(=O)Nc2ccc(F)cc2N)cc1. The van der Waals surface area contributed by atoms with Crippen molar-refractivity contribution in [3.63, 3.8) is 0 Å². The summed E-state index contributed by atoms with van der Waals surface area (Å²) in [5.41, 5.74) is 6.96. The lowest BCUT2D eigenvalue weighted by Crippen LogP contribution is -2.13. The van der Waals surface area contributed by atoms with Crippen molar-refractivity contribution in [1.82, 2.24) is 0 Å². The lowest BCUT2D eigenvalue weighted by molar-refractivity contribution is 0.102. The maximum absolute atomic E-state index is 12.9. The zero-order valence-electron chi connectivity index (χ0n) is 9.85. The van der Waals surface area contributed by atoms with E-state index in [9.17, 15) is 9.18 Å². The van der Waals surface area contributed by atoms with Crippen LogP contribution in [-0.2, 0) is 0 Å². The van der Waals surface area contributed by atoms with Crippen LogP contribution in [0.15, 0.2) is 42.5 Å². The van der Waals surface area contributed by atoms with Crippen LogP contribution in [0.1, 0.15) is 15.9 Å². The summed E-state index contributed by atoms with van der Waals surface area (Å²) in [5, 5.41) is 11.2. The van der Waals surface area contributed by atoms with Crippen LogP contribution >= 0.6 is 0 Å². The van der Waals surface area contributed by atoms with Crippen molar-refractivity contribution >= 4 is 17.3 Å². The first kappa shape index (κ1) is 12.6. The molecule has 0 unspecified atom stereocenters. The van der Waals surface area contributed by atoms with Gasteiger partial charge in [0.1, 0.15) is 5.82 Å². The Balaban J connectivity index is 2.18. The predicted molar refractivity (Wildman–Crippen MR) is 69.9 cm³/mol. The first-order valence-corrected chi connectivity index (χ1v) is 5.46. The lowest BCUT2D eigenvalue weighted by atomic mass is 10.1. The highest BCUT2D eigenvalue weighted by Crippen LogP contribution is 2.20. The van der Waals surface area contributed by atoms with E-state index in [4.69, 9.17) is 11.0 Å². The molecule has 0 saturated heterocycles. The Morgan fingerprint density at radius 3 is 2.47 bits per heavy atom. The number of nitrogens with zero attached hydrogens (tertiary/aromatic N) is 1. The van der Waals surface area contributed by atoms with Crippen molar-refractivity contribution in [2.45, 2.75) is 0 Å². The van der Waals surface area contributed by atoms with E-state index in [0.717, 1.165) is 6.07 Å². The summed E-state index contributed by atoms with van der Waals surface area (Å²) < 4.78 is 12.9. The number of nitriles is 1. The molecule has 0 aromatic heterocycles. The Kier molecular flexibility index (Phi) is 3.44. The molecule has 2 rings (SSSR count). The largest absolute Gasteiger partial charge is 0.397 e. The molecule has 0 aliphatic carbocycles. The van der Waals surface area contributed by atoms with Gasteiger partial charge in [0.25, 0.3) is 5.91 Å². The van der Waals surface area contributed by atoms with Gasteiger partial charge in [-0.3, -0.25) is 4.79 Å². The number of hydrogen-bond acceptors (Lipinski definition) is 3. The maximum Gasteiger partial charge on any atom is 0.255 e. The first-order chi connectivity index (χ1) is 9.10. The van der Waals surface area contributed by atoms with E-state index in [-0.39, 0.29) is 11.6 Å². The zero-order valence-corrected chi connectivity index (χ0v) is 9.85. The molecular weight excluding hydrogens is 245 g/mol. The Hall–Kier alpha value is -2.87. The molecule has 0 fully saturated rings. The van der Waals surface area contributed by atoms with Crippen LogP contribution in [0.3, 0.4) is 0 Å². The Morgan fingerprint density at radius 2 is 1.89 bits per heavy atom. The van der Waals surface area contributed by atoms with Crippen LogP contribution in [0.25, 0.3) is 0 Å². The third-order valence-corrected chi connectivity index (χ3v) is 2.54. The number of nitrogens with one attached hydrogen (secondary N) is 1. The summed E-state index contributed by atoms with van der Waals surface area (Å²) in [5.74, 6) is -0.836. The summed E-state index contributed by atoms with van der Waals surface area (Å²) >= 11 is 0. The molecule has 5 heteroatoms. The third kappa shape index (κ3) is 2.87. The number of rotatable bonds is 2. The van der Waals surface area contributed by atoms with Crippen molar-refractivity contribution < 1.29 is 9.18 Å². The summed E-state index contributed by atoms with van der Waals surface area (Å²) in [4.78, 5) is 11.9. The van der Waals surface area contributed by atoms with E-state index in [1.165, 1.54) is 24.3 Å². The Morgan fingerprint density at radius 1 is 1.21 bits per heavy atom. The van der Waals surface area contributed by atoms with Crippen molar-refractivity contribution in [2.75, 3.05) is 11.1 Å². The lowest BCUT2D eigenvalue weighted by Gasteiger charge is -2.08. The highest BCUT2D eigenvalue weighted by molar-refractivity contribution is 6.05. The van der Waals surface area contributed by atoms with E-state index in [0.29, 0.717) is 16.8 Å². The first-order valence-electron chi connectivity index (χ1n) is 5.46. The highest BCUT2D eigenvalue weighted by atomic mass is 19.1. The third-order valence-electron chi connectivity index (χ3n) is 2.54. The van der Waals surface area contributed by atoms with Crippen LogP contribution in [0.2, 0.25) is 0 Å². The number of amides is 1. The molecule has 1 amide bonds. The minimum Gasteiger partial charge on any atom is -0.397 e. The molecule has 94 valence electrons. The molecule has 0 atom stereocenters. The molecule has 0 aliphatic rings. The van der Waals surface area contributed by atoms with Crippen LogP contribution in [-0.4, -0.2) is 5.91 Å². The molecule has 0 radical (unpaired) electrons. The molecule has 0 heterocycles. The molecule has 0 bridgehead atoms. The normalized spacial score (nSPS) is 9.68. The number of nitrogens with two attached hydrogens (primary N) is 1. The zero-order chi connectivity index (χ0) is 13.8. The summed E-state index contributed by atoms with van der Waals surface area (Å²) in [6, 6.07) is 11.9. The molecule has 0 aliphatic heterocycles. The number of anilines is 2. The van der Waals surface area contributed by atoms with Crippen molar-refractivity contribution in [2.24, 2.45) is 0 Å². The van der Waals surface area contributed by atoms with Gasteiger partial charge >= 0.3 is 0 Å². The number of carbonyl (C=O) groups excluding carboxylic acids is 1. The summed E-state index contributed by atoms with van der Waals surface area (Å²) in [7, 11) is 0. The van der Waals surface area contributed by atoms with Gasteiger partial charge in [0.05, 0.1) is 23.0 Å². The van der Waals surface area contributed by atoms with E-state index >= 15 is 0 Å². The number of carbonyl (C=O) groups is 1. The second-order valence-corrected chi connectivity index (χ2v) is 3.87. The van der Waals surface area contributed by atoms with Gasteiger partial charge < -0.3 is 11.1 Å². The standard InChI is InChI=1S/C14H10FN3O/c15-11-5-6-13(12(17)7-11)18-14(19)10-3-1-9(8-16)2-4-10/h1-7H,17H2,(H,18,19). The molecule has 3 N–H and O–H groups in total. The van der Waals surface area contributed by atoms with Crippen LogP contribution in [0.4, 0.5) is 15.8 Å². The van der Waals surface area contributed by atoms with Crippen LogP contribution in [0.5, 0.6) is 0 Å². The van der Waals surface area contributed by atoms with Gasteiger partial charge in [0.2, 0.25) is 0 Å². The minimum absolute atomic E-state index is 0.155. The maximum atomic E-state index is 12.9. The fourth-order valence-electron chi connectivity index (χ4n) is 1.54. The van der Waals surface area contributed by atoms with Gasteiger partial charge in [-0.15, -0.1) is 0 Å². The molecule has 2 aromatic rings. The monoisotopic (exact) mass is 255 g/mol. The van der Waals surface area contributed by atoms with E-state index < -0.39 is 5.82 Å². The summed E-state index contributed by atoms with van der Waals surface area (Å²) in [6.45, 7) is 0. The van der Waals surface area contributed by atoms with E-state index in [1.807, 2.05) is 6.07 Å². The number of hydrogen-bond donors (Lipinski definition) is 2. The smallest absolute Gasteiger partial charge is 0.255 e. The Labute approximate surface area is 109 Å². The molecule has 2 aromatic carbocycles. The number of halogens is 1. The van der Waals surface area contributed by atoms with Crippen LogP contribution in [0, 0.1) is 17.1 Å². The van der Waals surface area contributed by atoms with E-state index in [1.54, 1.807) is 12.1 Å². The molecule has 19 heavy (non-hydrogen) atoms. The van der Waals surface area contributed by atoms with Gasteiger partial charge in [-0.25, -0.2) is 4.39 Å². The minimum atomic E-state index is -0.464. The quantitative estimate of drug-likeness (QED) is 0.809. The van der Waals surface area contributed by atoms with Gasteiger partial charge in [0.15, 0.2) is 0 Å². The topological polar surface area (TPSA) is 78.9 Å². The average Bonchev–Trinajstić information content (AvgIpc) is 2.42. The average molecular weight is 255 g/mol. The Bertz CT molecular complexity index is 659. The fraction of sp³-hybridized carbons (Fsp3) is 0. The summed E-state index contributed by atoms with van der Waals surface area (Å²) in [6.07, 6.45) is 0. The predicted octanol–water partition coefficient (Wildman–Crippen LogP) is 2.53. The van der Waals surface area contributed by atoms with Crippen molar-refractivity contribution in [3.05, 3.63) is 59.4 Å². The van der Waals surface area contributed by atoms with Gasteiger partial charge in [-0.2, -0.15) is 5.26 Å². The second kappa shape index (κ2) is 5.19. The van der Waals surface area contributed by atoms with Crippen molar-refractivity contribution in [1.29, 1.82) is 5.26 Å². The number of nitrogen functional groups attached to an aromatic ring is 1. The van der Waals surface area contributed by atoms with Crippen LogP contribution < -0.4 is 11.1 Å². The highest BCUT2D eigenvalue weighted by Gasteiger charge is 2.08. The van der Waals surface area contributed by atoms with Gasteiger partial charge in [0, 0.05) is 5.56 Å². The molecule has 0 spiro atoms. The van der Waals surface area contributed by atoms with Gasteiger partial charge in [-0.05, 0) is 42.5 Å². The second-order valence-electron chi connectivity index (χ2n) is 3.87. The number of benzene rings is 2. The molecular formula is C14H10FN3O.